The van der Waals surface area contributed by atoms with Crippen LogP contribution >= 0.6 is 0 Å². The molecule has 0 bridgehead atoms. The average Bonchev–Trinajstić information content (AvgIpc) is 2.10. The van der Waals surface area contributed by atoms with Crippen LogP contribution in [0.1, 0.15) is 26.2 Å². The molecule has 0 fully saturated rings. The summed E-state index contributed by atoms with van der Waals surface area (Å²) >= 11 is 0. The molecule has 0 saturated carbocycles. The number of aliphatic imine (C=N–C) groups is 1. The molecular formula is C8H21N5. The van der Waals surface area contributed by atoms with Crippen molar-refractivity contribution in [2.24, 2.45) is 22.2 Å². The van der Waals surface area contributed by atoms with Crippen molar-refractivity contribution < 1.29 is 0 Å². The van der Waals surface area contributed by atoms with Gasteiger partial charge in [-0.1, -0.05) is 6.92 Å². The summed E-state index contributed by atoms with van der Waals surface area (Å²) < 4.78 is 0. The summed E-state index contributed by atoms with van der Waals surface area (Å²) in [5.41, 5.74) is 16.0. The largest absolute Gasteiger partial charge is 0.370 e. The minimum atomic E-state index is 0.114. The third-order valence-electron chi connectivity index (χ3n) is 1.73. The molecule has 0 saturated heterocycles. The van der Waals surface area contributed by atoms with Gasteiger partial charge >= 0.3 is 0 Å². The summed E-state index contributed by atoms with van der Waals surface area (Å²) in [4.78, 5) is 3.87. The lowest BCUT2D eigenvalue weighted by atomic mass is 10.3. The van der Waals surface area contributed by atoms with E-state index >= 15 is 0 Å². The minimum Gasteiger partial charge on any atom is -0.370 e. The van der Waals surface area contributed by atoms with E-state index < -0.39 is 0 Å². The summed E-state index contributed by atoms with van der Waals surface area (Å²) in [5, 5.41) is 3.19. The molecule has 1 unspecified atom stereocenters. The lowest BCUT2D eigenvalue weighted by molar-refractivity contribution is 0.500. The number of hydrogen-bond acceptors (Lipinski definition) is 3. The molecule has 0 spiro atoms. The maximum Gasteiger partial charge on any atom is 0.185 e. The highest BCUT2D eigenvalue weighted by atomic mass is 15.0. The van der Waals surface area contributed by atoms with E-state index in [0.29, 0.717) is 6.54 Å². The maximum atomic E-state index is 5.66. The number of unbranched alkanes of at least 4 members (excludes halogenated alkanes) is 1. The number of rotatable bonds is 7. The molecular weight excluding hydrogens is 166 g/mol. The van der Waals surface area contributed by atoms with E-state index in [1.807, 2.05) is 0 Å². The number of nitrogens with zero attached hydrogens (tertiary/aromatic N) is 1. The maximum absolute atomic E-state index is 5.66. The molecule has 0 aromatic rings. The first-order valence-electron chi connectivity index (χ1n) is 4.71. The van der Waals surface area contributed by atoms with E-state index in [4.69, 9.17) is 17.2 Å². The van der Waals surface area contributed by atoms with Gasteiger partial charge in [0.2, 0.25) is 0 Å². The Morgan fingerprint density at radius 3 is 2.62 bits per heavy atom. The average molecular weight is 187 g/mol. The third kappa shape index (κ3) is 9.10. The van der Waals surface area contributed by atoms with Gasteiger partial charge in [-0.05, 0) is 25.8 Å². The zero-order valence-electron chi connectivity index (χ0n) is 8.29. The first-order chi connectivity index (χ1) is 6.16. The summed E-state index contributed by atoms with van der Waals surface area (Å²) in [6, 6.07) is 0. The van der Waals surface area contributed by atoms with Gasteiger partial charge in [-0.15, -0.1) is 0 Å². The summed E-state index contributed by atoms with van der Waals surface area (Å²) in [7, 11) is 0. The normalized spacial score (nSPS) is 12.5. The SMILES string of the molecule is CCC(N)NCCCCN=C(N)N. The topological polar surface area (TPSA) is 102 Å². The summed E-state index contributed by atoms with van der Waals surface area (Å²) in [6.45, 7) is 3.68. The predicted molar refractivity (Wildman–Crippen MR) is 56.2 cm³/mol. The van der Waals surface area contributed by atoms with Gasteiger partial charge in [0.25, 0.3) is 0 Å². The van der Waals surface area contributed by atoms with Crippen LogP contribution in [0.3, 0.4) is 0 Å². The van der Waals surface area contributed by atoms with Gasteiger partial charge in [-0.2, -0.15) is 0 Å². The molecule has 0 heterocycles. The standard InChI is InChI=1S/C8H21N5/c1-2-7(9)12-5-3-4-6-13-8(10)11/h7,12H,2-6,9H2,1H3,(H4,10,11,13). The summed E-state index contributed by atoms with van der Waals surface area (Å²) in [6.07, 6.45) is 3.10. The second kappa shape index (κ2) is 7.82. The Morgan fingerprint density at radius 1 is 1.38 bits per heavy atom. The van der Waals surface area contributed by atoms with Crippen LogP contribution in [0.5, 0.6) is 0 Å². The molecule has 0 aromatic carbocycles. The molecule has 0 aromatic heterocycles. The molecule has 0 aliphatic carbocycles. The van der Waals surface area contributed by atoms with Crippen LogP contribution in [-0.4, -0.2) is 25.2 Å². The molecule has 1 atom stereocenters. The Morgan fingerprint density at radius 2 is 2.08 bits per heavy atom. The molecule has 7 N–H and O–H groups in total. The molecule has 5 nitrogen and oxygen atoms in total. The van der Waals surface area contributed by atoms with Crippen LogP contribution in [-0.2, 0) is 0 Å². The first-order valence-corrected chi connectivity index (χ1v) is 4.71. The van der Waals surface area contributed by atoms with Gasteiger partial charge in [0, 0.05) is 6.54 Å². The minimum absolute atomic E-state index is 0.114. The van der Waals surface area contributed by atoms with Crippen molar-refractivity contribution in [2.45, 2.75) is 32.4 Å². The number of hydrogen-bond donors (Lipinski definition) is 4. The fraction of sp³-hybridized carbons (Fsp3) is 0.875. The predicted octanol–water partition coefficient (Wildman–Crippen LogP) is -0.676. The van der Waals surface area contributed by atoms with Crippen LogP contribution in [0.15, 0.2) is 4.99 Å². The molecule has 13 heavy (non-hydrogen) atoms. The van der Waals surface area contributed by atoms with Crippen LogP contribution in [0.25, 0.3) is 0 Å². The first kappa shape index (κ1) is 12.2. The van der Waals surface area contributed by atoms with Crippen molar-refractivity contribution in [1.82, 2.24) is 5.32 Å². The van der Waals surface area contributed by atoms with Gasteiger partial charge in [-0.25, -0.2) is 0 Å². The van der Waals surface area contributed by atoms with Crippen LogP contribution in [0.4, 0.5) is 0 Å². The van der Waals surface area contributed by atoms with Crippen molar-refractivity contribution in [1.29, 1.82) is 0 Å². The quantitative estimate of drug-likeness (QED) is 0.184. The van der Waals surface area contributed by atoms with E-state index in [0.717, 1.165) is 25.8 Å². The lowest BCUT2D eigenvalue weighted by Gasteiger charge is -2.10. The Hall–Kier alpha value is -0.810. The molecule has 0 rings (SSSR count). The van der Waals surface area contributed by atoms with Crippen molar-refractivity contribution in [3.8, 4) is 0 Å². The van der Waals surface area contributed by atoms with Crippen LogP contribution in [0.2, 0.25) is 0 Å². The molecule has 5 heteroatoms. The van der Waals surface area contributed by atoms with Crippen LogP contribution < -0.4 is 22.5 Å². The molecule has 0 radical (unpaired) electrons. The highest BCUT2D eigenvalue weighted by molar-refractivity contribution is 5.75. The van der Waals surface area contributed by atoms with Crippen LogP contribution in [0, 0.1) is 0 Å². The number of nitrogens with one attached hydrogen (secondary N) is 1. The second-order valence-corrected chi connectivity index (χ2v) is 2.98. The second-order valence-electron chi connectivity index (χ2n) is 2.98. The van der Waals surface area contributed by atoms with Gasteiger partial charge in [0.05, 0.1) is 6.17 Å². The lowest BCUT2D eigenvalue weighted by Crippen LogP contribution is -2.37. The van der Waals surface area contributed by atoms with Crippen molar-refractivity contribution >= 4 is 5.96 Å². The Balaban J connectivity index is 3.13. The van der Waals surface area contributed by atoms with E-state index in [2.05, 4.69) is 17.2 Å². The Kier molecular flexibility index (Phi) is 7.33. The zero-order valence-corrected chi connectivity index (χ0v) is 8.29. The highest BCUT2D eigenvalue weighted by Gasteiger charge is 1.95. The van der Waals surface area contributed by atoms with Gasteiger partial charge < -0.3 is 22.5 Å². The Bertz CT molecular complexity index is 141. The van der Waals surface area contributed by atoms with E-state index in [-0.39, 0.29) is 12.1 Å². The highest BCUT2D eigenvalue weighted by Crippen LogP contribution is 1.88. The van der Waals surface area contributed by atoms with Gasteiger partial charge in [0.15, 0.2) is 5.96 Å². The van der Waals surface area contributed by atoms with E-state index in [9.17, 15) is 0 Å². The smallest absolute Gasteiger partial charge is 0.185 e. The van der Waals surface area contributed by atoms with Crippen molar-refractivity contribution in [3.63, 3.8) is 0 Å². The third-order valence-corrected chi connectivity index (χ3v) is 1.73. The molecule has 0 amide bonds. The number of guanidine groups is 1. The molecule has 78 valence electrons. The fourth-order valence-corrected chi connectivity index (χ4v) is 0.877. The van der Waals surface area contributed by atoms with E-state index in [1.54, 1.807) is 0 Å². The monoisotopic (exact) mass is 187 g/mol. The summed E-state index contributed by atoms with van der Waals surface area (Å²) in [5.74, 6) is 0.165. The van der Waals surface area contributed by atoms with Crippen molar-refractivity contribution in [3.05, 3.63) is 0 Å². The van der Waals surface area contributed by atoms with Gasteiger partial charge in [-0.3, -0.25) is 4.99 Å². The zero-order chi connectivity index (χ0) is 10.1. The molecule has 0 aliphatic rings. The van der Waals surface area contributed by atoms with Gasteiger partial charge in [0.1, 0.15) is 0 Å². The van der Waals surface area contributed by atoms with Crippen molar-refractivity contribution in [2.75, 3.05) is 13.1 Å². The molecule has 0 aliphatic heterocycles. The fourth-order valence-electron chi connectivity index (χ4n) is 0.877. The number of nitrogens with two attached hydrogens (primary N) is 3. The Labute approximate surface area is 79.8 Å². The van der Waals surface area contributed by atoms with E-state index in [1.165, 1.54) is 0 Å².